The van der Waals surface area contributed by atoms with Gasteiger partial charge in [-0.05, 0) is 50.2 Å². The molecule has 9 heteroatoms. The van der Waals surface area contributed by atoms with Crippen LogP contribution in [-0.2, 0) is 17.1 Å². The van der Waals surface area contributed by atoms with Crippen LogP contribution in [0.1, 0.15) is 33.2 Å². The van der Waals surface area contributed by atoms with Crippen molar-refractivity contribution in [1.82, 2.24) is 9.78 Å². The SMILES string of the molecule is CC(=O)c1ccc(NC(=O)c2cnn(C)c2N(C)S(=O)(=O)c2ccc(C)cc2)cc1. The van der Waals surface area contributed by atoms with E-state index < -0.39 is 15.9 Å². The van der Waals surface area contributed by atoms with Gasteiger partial charge in [-0.15, -0.1) is 0 Å². The van der Waals surface area contributed by atoms with E-state index in [0.29, 0.717) is 11.3 Å². The van der Waals surface area contributed by atoms with Gasteiger partial charge in [0.05, 0.1) is 11.1 Å². The van der Waals surface area contributed by atoms with Crippen LogP contribution in [-0.4, -0.2) is 36.9 Å². The van der Waals surface area contributed by atoms with Gasteiger partial charge in [0.25, 0.3) is 15.9 Å². The minimum atomic E-state index is -3.89. The Morgan fingerprint density at radius 1 is 1.03 bits per heavy atom. The normalized spacial score (nSPS) is 11.2. The smallest absolute Gasteiger partial charge is 0.265 e. The first-order chi connectivity index (χ1) is 14.1. The molecule has 0 radical (unpaired) electrons. The van der Waals surface area contributed by atoms with Crippen molar-refractivity contribution in [3.63, 3.8) is 0 Å². The number of carbonyl (C=O) groups excluding carboxylic acids is 2. The molecule has 0 saturated heterocycles. The van der Waals surface area contributed by atoms with Crippen LogP contribution < -0.4 is 9.62 Å². The van der Waals surface area contributed by atoms with Crippen molar-refractivity contribution in [3.05, 3.63) is 71.4 Å². The van der Waals surface area contributed by atoms with Crippen molar-refractivity contribution in [2.24, 2.45) is 7.05 Å². The Kier molecular flexibility index (Phi) is 5.75. The Balaban J connectivity index is 1.91. The maximum atomic E-state index is 13.0. The number of nitrogens with zero attached hydrogens (tertiary/aromatic N) is 3. The van der Waals surface area contributed by atoms with Crippen LogP contribution in [0.15, 0.2) is 59.6 Å². The Labute approximate surface area is 175 Å². The monoisotopic (exact) mass is 426 g/mol. The van der Waals surface area contributed by atoms with Crippen molar-refractivity contribution < 1.29 is 18.0 Å². The highest BCUT2D eigenvalue weighted by Crippen LogP contribution is 2.26. The minimum Gasteiger partial charge on any atom is -0.322 e. The summed E-state index contributed by atoms with van der Waals surface area (Å²) in [6.07, 6.45) is 1.32. The summed E-state index contributed by atoms with van der Waals surface area (Å²) in [4.78, 5) is 24.3. The first kappa shape index (κ1) is 21.3. The van der Waals surface area contributed by atoms with E-state index in [1.54, 1.807) is 43.4 Å². The van der Waals surface area contributed by atoms with Crippen LogP contribution in [0.5, 0.6) is 0 Å². The van der Waals surface area contributed by atoms with Crippen LogP contribution in [0.3, 0.4) is 0 Å². The van der Waals surface area contributed by atoms with Gasteiger partial charge in [0.1, 0.15) is 5.56 Å². The third-order valence-electron chi connectivity index (χ3n) is 4.68. The van der Waals surface area contributed by atoms with Gasteiger partial charge in [-0.2, -0.15) is 5.10 Å². The molecule has 30 heavy (non-hydrogen) atoms. The van der Waals surface area contributed by atoms with Crippen molar-refractivity contribution in [2.75, 3.05) is 16.7 Å². The predicted octanol–water partition coefficient (Wildman–Crippen LogP) is 3.01. The van der Waals surface area contributed by atoms with Crippen molar-refractivity contribution in [3.8, 4) is 0 Å². The largest absolute Gasteiger partial charge is 0.322 e. The average molecular weight is 426 g/mol. The van der Waals surface area contributed by atoms with E-state index in [4.69, 9.17) is 0 Å². The first-order valence-electron chi connectivity index (χ1n) is 9.11. The molecule has 0 spiro atoms. The van der Waals surface area contributed by atoms with Crippen molar-refractivity contribution in [1.29, 1.82) is 0 Å². The van der Waals surface area contributed by atoms with Crippen molar-refractivity contribution in [2.45, 2.75) is 18.7 Å². The number of aromatic nitrogens is 2. The third-order valence-corrected chi connectivity index (χ3v) is 6.44. The molecule has 1 N–H and O–H groups in total. The van der Waals surface area contributed by atoms with Crippen molar-refractivity contribution >= 4 is 33.2 Å². The Bertz CT molecular complexity index is 1200. The number of ketones is 1. The molecule has 8 nitrogen and oxygen atoms in total. The summed E-state index contributed by atoms with van der Waals surface area (Å²) in [5, 5.41) is 6.77. The molecule has 2 aromatic carbocycles. The molecule has 0 atom stereocenters. The number of amides is 1. The number of rotatable bonds is 6. The molecular formula is C21H22N4O4S. The molecule has 0 aliphatic rings. The summed E-state index contributed by atoms with van der Waals surface area (Å²) in [6.45, 7) is 3.33. The van der Waals surface area contributed by atoms with Crippen LogP contribution in [0.2, 0.25) is 0 Å². The zero-order chi connectivity index (χ0) is 22.1. The summed E-state index contributed by atoms with van der Waals surface area (Å²) < 4.78 is 28.5. The summed E-state index contributed by atoms with van der Waals surface area (Å²) >= 11 is 0. The summed E-state index contributed by atoms with van der Waals surface area (Å²) in [5.74, 6) is -0.460. The molecule has 0 aliphatic carbocycles. The maximum Gasteiger partial charge on any atom is 0.265 e. The Morgan fingerprint density at radius 3 is 2.20 bits per heavy atom. The number of carbonyl (C=O) groups is 2. The van der Waals surface area contributed by atoms with Crippen LogP contribution in [0.25, 0.3) is 0 Å². The quantitative estimate of drug-likeness (QED) is 0.611. The number of sulfonamides is 1. The summed E-state index contributed by atoms with van der Waals surface area (Å²) in [5.41, 5.74) is 2.04. The number of nitrogens with one attached hydrogen (secondary N) is 1. The standard InChI is InChI=1S/C21H22N4O4S/c1-14-5-11-18(12-6-14)30(28,29)25(4)21-19(13-22-24(21)3)20(27)23-17-9-7-16(8-10-17)15(2)26/h5-13H,1-4H3,(H,23,27). The number of anilines is 2. The number of Topliss-reactive ketones (excluding diaryl/α,β-unsaturated/α-hetero) is 1. The second-order valence-electron chi connectivity index (χ2n) is 6.88. The molecular weight excluding hydrogens is 404 g/mol. The van der Waals surface area contributed by atoms with Gasteiger partial charge in [-0.3, -0.25) is 18.6 Å². The predicted molar refractivity (Wildman–Crippen MR) is 114 cm³/mol. The average Bonchev–Trinajstić information content (AvgIpc) is 3.09. The van der Waals surface area contributed by atoms with Crippen LogP contribution >= 0.6 is 0 Å². The highest BCUT2D eigenvalue weighted by Gasteiger charge is 2.28. The van der Waals surface area contributed by atoms with E-state index in [9.17, 15) is 18.0 Å². The lowest BCUT2D eigenvalue weighted by molar-refractivity contribution is 0.101. The molecule has 0 bridgehead atoms. The van der Waals surface area contributed by atoms with E-state index in [-0.39, 0.29) is 22.1 Å². The molecule has 0 saturated carbocycles. The molecule has 1 heterocycles. The fourth-order valence-corrected chi connectivity index (χ4v) is 4.17. The number of aryl methyl sites for hydroxylation is 2. The van der Waals surface area contributed by atoms with Gasteiger partial charge in [-0.25, -0.2) is 8.42 Å². The Morgan fingerprint density at radius 2 is 1.63 bits per heavy atom. The molecule has 156 valence electrons. The number of benzene rings is 2. The lowest BCUT2D eigenvalue weighted by Crippen LogP contribution is -2.30. The first-order valence-corrected chi connectivity index (χ1v) is 10.5. The third kappa shape index (κ3) is 4.11. The summed E-state index contributed by atoms with van der Waals surface area (Å²) in [7, 11) is -0.946. The topological polar surface area (TPSA) is 101 Å². The maximum absolute atomic E-state index is 13.0. The van der Waals surface area contributed by atoms with Gasteiger partial charge < -0.3 is 5.32 Å². The number of hydrogen-bond acceptors (Lipinski definition) is 5. The van der Waals surface area contributed by atoms with Gasteiger partial charge in [0, 0.05) is 25.3 Å². The van der Waals surface area contributed by atoms with Crippen LogP contribution in [0.4, 0.5) is 11.5 Å². The minimum absolute atomic E-state index is 0.0784. The lowest BCUT2D eigenvalue weighted by atomic mass is 10.1. The fraction of sp³-hybridized carbons (Fsp3) is 0.190. The Hall–Kier alpha value is -3.46. The van der Waals surface area contributed by atoms with E-state index in [1.807, 2.05) is 6.92 Å². The van der Waals surface area contributed by atoms with Gasteiger partial charge >= 0.3 is 0 Å². The second kappa shape index (κ2) is 8.11. The van der Waals surface area contributed by atoms with E-state index in [2.05, 4.69) is 10.4 Å². The van der Waals surface area contributed by atoms with E-state index >= 15 is 0 Å². The highest BCUT2D eigenvalue weighted by molar-refractivity contribution is 7.92. The molecule has 3 aromatic rings. The lowest BCUT2D eigenvalue weighted by Gasteiger charge is -2.21. The molecule has 0 unspecified atom stereocenters. The van der Waals surface area contributed by atoms with E-state index in [0.717, 1.165) is 9.87 Å². The van der Waals surface area contributed by atoms with E-state index in [1.165, 1.54) is 37.0 Å². The molecule has 1 amide bonds. The number of hydrogen-bond donors (Lipinski definition) is 1. The van der Waals surface area contributed by atoms with Gasteiger partial charge in [0.15, 0.2) is 11.6 Å². The second-order valence-corrected chi connectivity index (χ2v) is 8.85. The fourth-order valence-electron chi connectivity index (χ4n) is 2.93. The summed E-state index contributed by atoms with van der Waals surface area (Å²) in [6, 6.07) is 12.9. The molecule has 0 fully saturated rings. The molecule has 3 rings (SSSR count). The van der Waals surface area contributed by atoms with Gasteiger partial charge in [0.2, 0.25) is 0 Å². The zero-order valence-electron chi connectivity index (χ0n) is 17.1. The molecule has 1 aromatic heterocycles. The zero-order valence-corrected chi connectivity index (χ0v) is 17.9. The highest BCUT2D eigenvalue weighted by atomic mass is 32.2. The molecule has 0 aliphatic heterocycles. The van der Waals surface area contributed by atoms with Crippen LogP contribution in [0, 0.1) is 6.92 Å². The van der Waals surface area contributed by atoms with Gasteiger partial charge in [-0.1, -0.05) is 17.7 Å².